The summed E-state index contributed by atoms with van der Waals surface area (Å²) in [7, 11) is 0. The Morgan fingerprint density at radius 2 is 1.89 bits per heavy atom. The van der Waals surface area contributed by atoms with Gasteiger partial charge in [0.25, 0.3) is 0 Å². The minimum atomic E-state index is 0.172. The van der Waals surface area contributed by atoms with Crippen LogP contribution in [0.1, 0.15) is 0 Å². The van der Waals surface area contributed by atoms with Crippen molar-refractivity contribution in [3.05, 3.63) is 41.7 Å². The third kappa shape index (κ3) is 2.11. The van der Waals surface area contributed by atoms with Crippen LogP contribution in [0.15, 0.2) is 36.7 Å². The highest BCUT2D eigenvalue weighted by atomic mass is 35.5. The van der Waals surface area contributed by atoms with Gasteiger partial charge in [-0.15, -0.1) is 15.0 Å². The zero-order valence-corrected chi connectivity index (χ0v) is 10.4. The van der Waals surface area contributed by atoms with E-state index in [0.29, 0.717) is 11.6 Å². The lowest BCUT2D eigenvalue weighted by molar-refractivity contribution is 0.699. The second kappa shape index (κ2) is 4.62. The Balaban J connectivity index is 2.05. The maximum Gasteiger partial charge on any atom is 0.205 e. The number of aromatic nitrogens is 6. The summed E-state index contributed by atoms with van der Waals surface area (Å²) in [4.78, 5) is 8.99. The molecule has 1 aromatic carbocycles. The number of hydrogen-bond donors (Lipinski definition) is 1. The van der Waals surface area contributed by atoms with Crippen LogP contribution in [0.3, 0.4) is 0 Å². The van der Waals surface area contributed by atoms with Gasteiger partial charge in [0.1, 0.15) is 17.2 Å². The van der Waals surface area contributed by atoms with Gasteiger partial charge in [0.15, 0.2) is 5.82 Å². The standard InChI is InChI=1S/C11H8ClN7/c12-8-9(13)14-6-15-11(8)19-17-10(16-18-19)7-4-2-1-3-5-7/h1-6H,(H2,13,14,15). The summed E-state index contributed by atoms with van der Waals surface area (Å²) in [6.07, 6.45) is 1.29. The molecule has 2 N–H and O–H groups in total. The van der Waals surface area contributed by atoms with Gasteiger partial charge in [0.05, 0.1) is 0 Å². The molecule has 0 fully saturated rings. The van der Waals surface area contributed by atoms with E-state index in [9.17, 15) is 0 Å². The van der Waals surface area contributed by atoms with Crippen molar-refractivity contribution < 1.29 is 0 Å². The van der Waals surface area contributed by atoms with Gasteiger partial charge in [-0.25, -0.2) is 9.97 Å². The fraction of sp³-hybridized carbons (Fsp3) is 0. The quantitative estimate of drug-likeness (QED) is 0.757. The Morgan fingerprint density at radius 1 is 1.11 bits per heavy atom. The van der Waals surface area contributed by atoms with Crippen LogP contribution in [-0.4, -0.2) is 30.2 Å². The molecule has 0 atom stereocenters. The highest BCUT2D eigenvalue weighted by molar-refractivity contribution is 6.34. The number of hydrogen-bond acceptors (Lipinski definition) is 6. The molecule has 7 nitrogen and oxygen atoms in total. The molecule has 3 rings (SSSR count). The number of nitrogens with two attached hydrogens (primary N) is 1. The van der Waals surface area contributed by atoms with E-state index in [2.05, 4.69) is 25.4 Å². The molecule has 19 heavy (non-hydrogen) atoms. The highest BCUT2D eigenvalue weighted by Crippen LogP contribution is 2.21. The van der Waals surface area contributed by atoms with Gasteiger partial charge in [-0.1, -0.05) is 41.9 Å². The van der Waals surface area contributed by atoms with Crippen LogP contribution in [0.5, 0.6) is 0 Å². The molecule has 0 aliphatic heterocycles. The van der Waals surface area contributed by atoms with Gasteiger partial charge in [-0.05, 0) is 5.21 Å². The summed E-state index contributed by atoms with van der Waals surface area (Å²) in [5.41, 5.74) is 6.46. The van der Waals surface area contributed by atoms with E-state index in [0.717, 1.165) is 5.56 Å². The average Bonchev–Trinajstić information content (AvgIpc) is 2.92. The summed E-state index contributed by atoms with van der Waals surface area (Å²) in [6, 6.07) is 9.47. The van der Waals surface area contributed by atoms with Crippen molar-refractivity contribution in [1.82, 2.24) is 30.2 Å². The van der Waals surface area contributed by atoms with Gasteiger partial charge < -0.3 is 5.73 Å². The second-order valence-electron chi connectivity index (χ2n) is 3.67. The number of rotatable bonds is 2. The van der Waals surface area contributed by atoms with Crippen LogP contribution < -0.4 is 5.73 Å². The lowest BCUT2D eigenvalue weighted by atomic mass is 10.2. The molecule has 0 saturated carbocycles. The predicted octanol–water partition coefficient (Wildman–Crippen LogP) is 1.35. The van der Waals surface area contributed by atoms with E-state index < -0.39 is 0 Å². The number of tetrazole rings is 1. The number of anilines is 1. The fourth-order valence-corrected chi connectivity index (χ4v) is 1.69. The van der Waals surface area contributed by atoms with Crippen molar-refractivity contribution in [2.24, 2.45) is 0 Å². The topological polar surface area (TPSA) is 95.4 Å². The van der Waals surface area contributed by atoms with E-state index in [1.54, 1.807) is 0 Å². The minimum absolute atomic E-state index is 0.172. The van der Waals surface area contributed by atoms with Crippen molar-refractivity contribution in [2.75, 3.05) is 5.73 Å². The number of nitrogens with zero attached hydrogens (tertiary/aromatic N) is 6. The maximum atomic E-state index is 6.00. The smallest absolute Gasteiger partial charge is 0.205 e. The van der Waals surface area contributed by atoms with Crippen LogP contribution in [0.4, 0.5) is 5.82 Å². The fourth-order valence-electron chi connectivity index (χ4n) is 1.52. The van der Waals surface area contributed by atoms with E-state index in [1.165, 1.54) is 11.1 Å². The first-order chi connectivity index (χ1) is 9.25. The van der Waals surface area contributed by atoms with E-state index in [-0.39, 0.29) is 10.8 Å². The monoisotopic (exact) mass is 273 g/mol. The maximum absolute atomic E-state index is 6.00. The minimum Gasteiger partial charge on any atom is -0.382 e. The second-order valence-corrected chi connectivity index (χ2v) is 4.04. The molecule has 0 unspecified atom stereocenters. The molecular formula is C11H8ClN7. The van der Waals surface area contributed by atoms with E-state index in [4.69, 9.17) is 17.3 Å². The van der Waals surface area contributed by atoms with Crippen LogP contribution in [0.2, 0.25) is 5.02 Å². The number of benzene rings is 1. The molecular weight excluding hydrogens is 266 g/mol. The Hall–Kier alpha value is -2.54. The van der Waals surface area contributed by atoms with Gasteiger partial charge in [0, 0.05) is 5.56 Å². The van der Waals surface area contributed by atoms with Crippen LogP contribution in [0, 0.1) is 0 Å². The molecule has 2 heterocycles. The van der Waals surface area contributed by atoms with Gasteiger partial charge in [0.2, 0.25) is 5.82 Å². The first-order valence-electron chi connectivity index (χ1n) is 5.37. The number of halogens is 1. The molecule has 0 saturated heterocycles. The van der Waals surface area contributed by atoms with Crippen molar-refractivity contribution in [2.45, 2.75) is 0 Å². The molecule has 94 valence electrons. The molecule has 0 spiro atoms. The molecule has 2 aromatic heterocycles. The molecule has 3 aromatic rings. The van der Waals surface area contributed by atoms with E-state index in [1.807, 2.05) is 30.3 Å². The summed E-state index contributed by atoms with van der Waals surface area (Å²) >= 11 is 6.00. The molecule has 0 aliphatic carbocycles. The Kier molecular flexibility index (Phi) is 2.81. The van der Waals surface area contributed by atoms with Crippen molar-refractivity contribution in [1.29, 1.82) is 0 Å². The Bertz CT molecular complexity index is 710. The zero-order valence-electron chi connectivity index (χ0n) is 9.60. The zero-order chi connectivity index (χ0) is 13.2. The molecule has 8 heteroatoms. The summed E-state index contributed by atoms with van der Waals surface area (Å²) in [5, 5.41) is 12.3. The van der Waals surface area contributed by atoms with E-state index >= 15 is 0 Å². The van der Waals surface area contributed by atoms with Crippen LogP contribution in [-0.2, 0) is 0 Å². The van der Waals surface area contributed by atoms with Crippen LogP contribution >= 0.6 is 11.6 Å². The predicted molar refractivity (Wildman–Crippen MR) is 69.6 cm³/mol. The first-order valence-corrected chi connectivity index (χ1v) is 5.75. The van der Waals surface area contributed by atoms with Gasteiger partial charge in [-0.3, -0.25) is 0 Å². The highest BCUT2D eigenvalue weighted by Gasteiger charge is 2.13. The summed E-state index contributed by atoms with van der Waals surface area (Å²) < 4.78 is 0. The largest absolute Gasteiger partial charge is 0.382 e. The Morgan fingerprint density at radius 3 is 2.68 bits per heavy atom. The molecule has 0 amide bonds. The van der Waals surface area contributed by atoms with Crippen molar-refractivity contribution >= 4 is 17.4 Å². The lowest BCUT2D eigenvalue weighted by Crippen LogP contribution is -2.05. The first kappa shape index (κ1) is 11.5. The number of nitrogen functional groups attached to an aromatic ring is 1. The van der Waals surface area contributed by atoms with Gasteiger partial charge >= 0.3 is 0 Å². The normalized spacial score (nSPS) is 10.6. The van der Waals surface area contributed by atoms with Crippen molar-refractivity contribution in [3.63, 3.8) is 0 Å². The average molecular weight is 274 g/mol. The third-order valence-corrected chi connectivity index (χ3v) is 2.80. The molecule has 0 radical (unpaired) electrons. The third-order valence-electron chi connectivity index (χ3n) is 2.43. The molecule has 0 aliphatic rings. The van der Waals surface area contributed by atoms with Crippen molar-refractivity contribution in [3.8, 4) is 17.2 Å². The Labute approximate surface area is 113 Å². The lowest BCUT2D eigenvalue weighted by Gasteiger charge is -2.01. The SMILES string of the molecule is Nc1ncnc(-n2nnc(-c3ccccc3)n2)c1Cl. The van der Waals surface area contributed by atoms with Gasteiger partial charge in [-0.2, -0.15) is 0 Å². The van der Waals surface area contributed by atoms with Crippen LogP contribution in [0.25, 0.3) is 17.2 Å². The summed E-state index contributed by atoms with van der Waals surface area (Å²) in [6.45, 7) is 0. The molecule has 0 bridgehead atoms. The summed E-state index contributed by atoms with van der Waals surface area (Å²) in [5.74, 6) is 0.947.